The maximum Gasteiger partial charge on any atom is 0.171 e. The van der Waals surface area contributed by atoms with Crippen molar-refractivity contribution in [1.29, 1.82) is 0 Å². The van der Waals surface area contributed by atoms with Crippen molar-refractivity contribution in [3.63, 3.8) is 0 Å². The molecule has 0 aliphatic rings. The van der Waals surface area contributed by atoms with Gasteiger partial charge in [0.1, 0.15) is 12.6 Å². The van der Waals surface area contributed by atoms with Gasteiger partial charge in [-0.3, -0.25) is 0 Å². The van der Waals surface area contributed by atoms with Crippen molar-refractivity contribution < 1.29 is 4.90 Å². The fourth-order valence-electron chi connectivity index (χ4n) is 2.34. The quantitative estimate of drug-likeness (QED) is 0.726. The van der Waals surface area contributed by atoms with E-state index in [-0.39, 0.29) is 6.04 Å². The van der Waals surface area contributed by atoms with Crippen LogP contribution in [0.25, 0.3) is 0 Å². The number of hydrogen-bond donors (Lipinski definition) is 3. The first-order valence-corrected chi connectivity index (χ1v) is 8.42. The molecule has 0 heterocycles. The van der Waals surface area contributed by atoms with E-state index in [4.69, 9.17) is 23.8 Å². The zero-order valence-corrected chi connectivity index (χ0v) is 15.3. The largest absolute Gasteiger partial charge is 0.350 e. The van der Waals surface area contributed by atoms with Crippen molar-refractivity contribution >= 4 is 34.6 Å². The SMILES string of the molecule is Cc1ccc(NC(=S)N[C@H](C[NH+](C)C)c2ccccc2)cc1Cl. The number of hydrogen-bond acceptors (Lipinski definition) is 1. The summed E-state index contributed by atoms with van der Waals surface area (Å²) in [4.78, 5) is 1.35. The van der Waals surface area contributed by atoms with E-state index in [1.807, 2.05) is 43.3 Å². The molecule has 3 N–H and O–H groups in total. The van der Waals surface area contributed by atoms with Crippen molar-refractivity contribution in [1.82, 2.24) is 5.32 Å². The van der Waals surface area contributed by atoms with Crippen LogP contribution in [-0.2, 0) is 0 Å². The van der Waals surface area contributed by atoms with E-state index in [0.717, 1.165) is 22.8 Å². The molecule has 2 rings (SSSR count). The minimum atomic E-state index is 0.155. The molecule has 0 bridgehead atoms. The zero-order chi connectivity index (χ0) is 16.8. The summed E-state index contributed by atoms with van der Waals surface area (Å²) in [5.41, 5.74) is 3.16. The van der Waals surface area contributed by atoms with Crippen LogP contribution in [0.3, 0.4) is 0 Å². The molecule has 2 aromatic rings. The van der Waals surface area contributed by atoms with Crippen LogP contribution in [0.2, 0.25) is 5.02 Å². The first kappa shape index (κ1) is 17.7. The second kappa shape index (κ2) is 8.29. The Hall–Kier alpha value is -1.62. The number of nitrogens with one attached hydrogen (secondary N) is 3. The average Bonchev–Trinajstić information content (AvgIpc) is 2.51. The van der Waals surface area contributed by atoms with Crippen LogP contribution in [0, 0.1) is 6.92 Å². The van der Waals surface area contributed by atoms with Crippen molar-refractivity contribution in [3.05, 3.63) is 64.7 Å². The minimum absolute atomic E-state index is 0.155. The van der Waals surface area contributed by atoms with Gasteiger partial charge in [0.25, 0.3) is 0 Å². The van der Waals surface area contributed by atoms with Crippen LogP contribution >= 0.6 is 23.8 Å². The highest BCUT2D eigenvalue weighted by Gasteiger charge is 2.16. The van der Waals surface area contributed by atoms with Crippen LogP contribution < -0.4 is 15.5 Å². The number of likely N-dealkylation sites (N-methyl/N-ethyl adjacent to an activating group) is 1. The van der Waals surface area contributed by atoms with Gasteiger partial charge in [-0.25, -0.2) is 0 Å². The fourth-order valence-corrected chi connectivity index (χ4v) is 2.78. The summed E-state index contributed by atoms with van der Waals surface area (Å²) < 4.78 is 0. The Labute approximate surface area is 148 Å². The van der Waals surface area contributed by atoms with Gasteiger partial charge in [0.15, 0.2) is 5.11 Å². The zero-order valence-electron chi connectivity index (χ0n) is 13.7. The van der Waals surface area contributed by atoms with Gasteiger partial charge in [-0.1, -0.05) is 48.0 Å². The standard InChI is InChI=1S/C18H22ClN3S/c1-13-9-10-15(11-16(13)19)20-18(23)21-17(12-22(2)3)14-7-5-4-6-8-14/h4-11,17H,12H2,1-3H3,(H2,20,21,23)/p+1/t17-/m1/s1. The van der Waals surface area contributed by atoms with E-state index < -0.39 is 0 Å². The lowest BCUT2D eigenvalue weighted by atomic mass is 10.1. The summed E-state index contributed by atoms with van der Waals surface area (Å²) >= 11 is 11.6. The van der Waals surface area contributed by atoms with Crippen molar-refractivity contribution in [2.45, 2.75) is 13.0 Å². The second-order valence-corrected chi connectivity index (χ2v) is 6.75. The maximum absolute atomic E-state index is 6.16. The first-order chi connectivity index (χ1) is 11.0. The lowest BCUT2D eigenvalue weighted by molar-refractivity contribution is -0.860. The molecule has 3 nitrogen and oxygen atoms in total. The smallest absolute Gasteiger partial charge is 0.171 e. The molecule has 0 aliphatic heterocycles. The lowest BCUT2D eigenvalue weighted by Gasteiger charge is -2.22. The molecule has 122 valence electrons. The molecule has 0 saturated heterocycles. The van der Waals surface area contributed by atoms with E-state index in [2.05, 4.69) is 36.9 Å². The topological polar surface area (TPSA) is 28.5 Å². The summed E-state index contributed by atoms with van der Waals surface area (Å²) in [6, 6.07) is 16.3. The van der Waals surface area contributed by atoms with E-state index in [9.17, 15) is 0 Å². The number of anilines is 1. The predicted octanol–water partition coefficient (Wildman–Crippen LogP) is 2.82. The number of halogens is 1. The van der Waals surface area contributed by atoms with Gasteiger partial charge in [0.2, 0.25) is 0 Å². The highest BCUT2D eigenvalue weighted by molar-refractivity contribution is 7.80. The Morgan fingerprint density at radius 1 is 1.17 bits per heavy atom. The molecule has 5 heteroatoms. The summed E-state index contributed by atoms with van der Waals surface area (Å²) in [5.74, 6) is 0. The Kier molecular flexibility index (Phi) is 6.39. The number of quaternary nitrogens is 1. The summed E-state index contributed by atoms with van der Waals surface area (Å²) in [7, 11) is 4.27. The molecule has 0 saturated carbocycles. The molecule has 0 fully saturated rings. The monoisotopic (exact) mass is 348 g/mol. The van der Waals surface area contributed by atoms with Crippen molar-refractivity contribution in [2.75, 3.05) is 26.0 Å². The fraction of sp³-hybridized carbons (Fsp3) is 0.278. The number of benzene rings is 2. The van der Waals surface area contributed by atoms with Crippen LogP contribution in [0.5, 0.6) is 0 Å². The van der Waals surface area contributed by atoms with Gasteiger partial charge in [0, 0.05) is 10.7 Å². The normalized spacial score (nSPS) is 12.0. The van der Waals surface area contributed by atoms with Gasteiger partial charge in [-0.05, 0) is 42.4 Å². The van der Waals surface area contributed by atoms with Crippen LogP contribution in [0.1, 0.15) is 17.2 Å². The Morgan fingerprint density at radius 2 is 1.87 bits per heavy atom. The third kappa shape index (κ3) is 5.50. The molecular weight excluding hydrogens is 326 g/mol. The van der Waals surface area contributed by atoms with E-state index in [0.29, 0.717) is 5.11 Å². The average molecular weight is 349 g/mol. The Bertz CT molecular complexity index is 659. The second-order valence-electron chi connectivity index (χ2n) is 5.94. The van der Waals surface area contributed by atoms with Crippen molar-refractivity contribution in [2.24, 2.45) is 0 Å². The van der Waals surface area contributed by atoms with Gasteiger partial charge >= 0.3 is 0 Å². The highest BCUT2D eigenvalue weighted by Crippen LogP contribution is 2.20. The van der Waals surface area contributed by atoms with E-state index in [1.54, 1.807) is 0 Å². The summed E-state index contributed by atoms with van der Waals surface area (Å²) in [6.45, 7) is 2.91. The van der Waals surface area contributed by atoms with Crippen LogP contribution in [0.4, 0.5) is 5.69 Å². The summed E-state index contributed by atoms with van der Waals surface area (Å²) in [6.07, 6.45) is 0. The van der Waals surface area contributed by atoms with E-state index >= 15 is 0 Å². The highest BCUT2D eigenvalue weighted by atomic mass is 35.5. The number of thiocarbonyl (C=S) groups is 1. The molecule has 23 heavy (non-hydrogen) atoms. The molecule has 0 spiro atoms. The lowest BCUT2D eigenvalue weighted by Crippen LogP contribution is -3.06. The minimum Gasteiger partial charge on any atom is -0.350 e. The third-order valence-electron chi connectivity index (χ3n) is 3.55. The Balaban J connectivity index is 2.06. The number of aryl methyl sites for hydroxylation is 1. The molecule has 0 radical (unpaired) electrons. The molecule has 0 aliphatic carbocycles. The molecule has 2 aromatic carbocycles. The first-order valence-electron chi connectivity index (χ1n) is 7.63. The molecular formula is C18H23ClN3S+. The summed E-state index contributed by atoms with van der Waals surface area (Å²) in [5, 5.41) is 7.94. The van der Waals surface area contributed by atoms with Gasteiger partial charge in [0.05, 0.1) is 14.1 Å². The molecule has 0 aromatic heterocycles. The van der Waals surface area contributed by atoms with Gasteiger partial charge in [-0.2, -0.15) is 0 Å². The maximum atomic E-state index is 6.16. The van der Waals surface area contributed by atoms with Crippen LogP contribution in [-0.4, -0.2) is 25.8 Å². The molecule has 0 amide bonds. The molecule has 1 atom stereocenters. The third-order valence-corrected chi connectivity index (χ3v) is 4.18. The molecule has 0 unspecified atom stereocenters. The van der Waals surface area contributed by atoms with Crippen LogP contribution in [0.15, 0.2) is 48.5 Å². The predicted molar refractivity (Wildman–Crippen MR) is 102 cm³/mol. The van der Waals surface area contributed by atoms with Gasteiger partial charge in [-0.15, -0.1) is 0 Å². The van der Waals surface area contributed by atoms with Crippen molar-refractivity contribution in [3.8, 4) is 0 Å². The Morgan fingerprint density at radius 3 is 2.48 bits per heavy atom. The van der Waals surface area contributed by atoms with Gasteiger partial charge < -0.3 is 15.5 Å². The van der Waals surface area contributed by atoms with E-state index in [1.165, 1.54) is 10.5 Å². The number of rotatable bonds is 5.